The molecule has 24 heavy (non-hydrogen) atoms. The lowest BCUT2D eigenvalue weighted by molar-refractivity contribution is 0.403. The first kappa shape index (κ1) is 16.5. The van der Waals surface area contributed by atoms with Gasteiger partial charge in [-0.1, -0.05) is 12.1 Å². The zero-order chi connectivity index (χ0) is 17.5. The van der Waals surface area contributed by atoms with Gasteiger partial charge in [0.15, 0.2) is 0 Å². The molecule has 0 radical (unpaired) electrons. The number of hydrogen-bond donors (Lipinski definition) is 1. The van der Waals surface area contributed by atoms with E-state index in [0.717, 1.165) is 16.9 Å². The van der Waals surface area contributed by atoms with Gasteiger partial charge in [-0.05, 0) is 32.9 Å². The molecule has 2 N–H and O–H groups in total. The number of anilines is 1. The number of ether oxygens (including phenoxy) is 1. The van der Waals surface area contributed by atoms with Crippen molar-refractivity contribution in [3.63, 3.8) is 0 Å². The summed E-state index contributed by atoms with van der Waals surface area (Å²) in [6.45, 7) is 5.83. The van der Waals surface area contributed by atoms with Gasteiger partial charge in [0.2, 0.25) is 0 Å². The molecule has 0 saturated carbocycles. The molecule has 0 amide bonds. The Bertz CT molecular complexity index is 926. The van der Waals surface area contributed by atoms with Crippen molar-refractivity contribution >= 4 is 22.1 Å². The maximum absolute atomic E-state index is 12.9. The fraction of sp³-hybridized carbons (Fsp3) is 0.278. The van der Waals surface area contributed by atoms with Crippen molar-refractivity contribution in [2.45, 2.75) is 30.4 Å². The number of nitrogens with two attached hydrogens (primary N) is 1. The van der Waals surface area contributed by atoms with E-state index in [0.29, 0.717) is 16.3 Å². The summed E-state index contributed by atoms with van der Waals surface area (Å²) in [4.78, 5) is 5.09. The summed E-state index contributed by atoms with van der Waals surface area (Å²) in [7, 11) is 0.361. The molecule has 0 bridgehead atoms. The second-order valence-corrected chi connectivity index (χ2v) is 8.79. The van der Waals surface area contributed by atoms with Crippen LogP contribution in [0.3, 0.4) is 0 Å². The molecule has 2 aromatic heterocycles. The molecule has 0 spiro atoms. The summed E-state index contributed by atoms with van der Waals surface area (Å²) in [5.74, 6) is 0.584. The molecule has 1 aromatic carbocycles. The smallest absolute Gasteiger partial charge is 0.140 e. The maximum Gasteiger partial charge on any atom is 0.140 e. The number of methoxy groups -OCH3 is 1. The third-order valence-corrected chi connectivity index (χ3v) is 5.55. The number of fused-ring (bicyclic) bond motifs is 1. The predicted octanol–water partition coefficient (Wildman–Crippen LogP) is 3.50. The molecular weight excluding hydrogens is 322 g/mol. The highest BCUT2D eigenvalue weighted by Gasteiger charge is 2.25. The van der Waals surface area contributed by atoms with Crippen molar-refractivity contribution in [1.82, 2.24) is 9.38 Å². The van der Waals surface area contributed by atoms with Gasteiger partial charge in [-0.3, -0.25) is 8.61 Å². The van der Waals surface area contributed by atoms with Gasteiger partial charge < -0.3 is 10.5 Å². The van der Waals surface area contributed by atoms with Crippen LogP contribution in [0.4, 0.5) is 5.69 Å². The Morgan fingerprint density at radius 3 is 2.62 bits per heavy atom. The van der Waals surface area contributed by atoms with E-state index in [2.05, 4.69) is 4.98 Å². The topological polar surface area (TPSA) is 69.6 Å². The van der Waals surface area contributed by atoms with Gasteiger partial charge >= 0.3 is 0 Å². The van der Waals surface area contributed by atoms with E-state index in [1.165, 1.54) is 0 Å². The number of nitrogen functional groups attached to an aromatic ring is 1. The van der Waals surface area contributed by atoms with Crippen molar-refractivity contribution < 1.29 is 8.95 Å². The second-order valence-electron chi connectivity index (χ2n) is 6.58. The highest BCUT2D eigenvalue weighted by atomic mass is 32.2. The SMILES string of the molecule is COc1cc2ncc(-c3cccc(N)c3)n2cc1S(=O)C(C)(C)C. The average Bonchev–Trinajstić information content (AvgIpc) is 2.94. The van der Waals surface area contributed by atoms with Crippen molar-refractivity contribution in [3.8, 4) is 17.0 Å². The third kappa shape index (κ3) is 2.89. The van der Waals surface area contributed by atoms with E-state index in [1.54, 1.807) is 13.3 Å². The van der Waals surface area contributed by atoms with Crippen LogP contribution in [-0.2, 0) is 10.8 Å². The summed E-state index contributed by atoms with van der Waals surface area (Å²) >= 11 is 0. The molecule has 1 atom stereocenters. The van der Waals surface area contributed by atoms with Crippen molar-refractivity contribution in [1.29, 1.82) is 0 Å². The molecule has 0 aliphatic rings. The Morgan fingerprint density at radius 2 is 2.00 bits per heavy atom. The summed E-state index contributed by atoms with van der Waals surface area (Å²) in [5, 5.41) is 0. The minimum atomic E-state index is -1.22. The van der Waals surface area contributed by atoms with Gasteiger partial charge in [0.1, 0.15) is 11.4 Å². The minimum absolute atomic E-state index is 0.390. The molecule has 3 rings (SSSR count). The molecule has 2 heterocycles. The Morgan fingerprint density at radius 1 is 1.25 bits per heavy atom. The Kier molecular flexibility index (Phi) is 4.09. The lowest BCUT2D eigenvalue weighted by Crippen LogP contribution is -2.22. The van der Waals surface area contributed by atoms with Gasteiger partial charge in [-0.25, -0.2) is 4.98 Å². The van der Waals surface area contributed by atoms with Crippen molar-refractivity contribution in [3.05, 3.63) is 42.7 Å². The lowest BCUT2D eigenvalue weighted by atomic mass is 10.1. The number of rotatable bonds is 3. The predicted molar refractivity (Wildman–Crippen MR) is 97.8 cm³/mol. The first-order valence-corrected chi connectivity index (χ1v) is 8.79. The van der Waals surface area contributed by atoms with E-state index >= 15 is 0 Å². The van der Waals surface area contributed by atoms with E-state index < -0.39 is 15.5 Å². The summed E-state index contributed by atoms with van der Waals surface area (Å²) in [6, 6.07) is 9.44. The summed E-state index contributed by atoms with van der Waals surface area (Å²) < 4.78 is 19.9. The number of benzene rings is 1. The lowest BCUT2D eigenvalue weighted by Gasteiger charge is -2.20. The summed E-state index contributed by atoms with van der Waals surface area (Å²) in [5.41, 5.74) is 9.17. The molecule has 6 heteroatoms. The van der Waals surface area contributed by atoms with Crippen LogP contribution >= 0.6 is 0 Å². The number of imidazole rings is 1. The normalized spacial score (nSPS) is 13.2. The van der Waals surface area contributed by atoms with Crippen molar-refractivity contribution in [2.75, 3.05) is 12.8 Å². The van der Waals surface area contributed by atoms with E-state index in [9.17, 15) is 4.21 Å². The quantitative estimate of drug-likeness (QED) is 0.739. The number of aromatic nitrogens is 2. The molecule has 0 aliphatic heterocycles. The molecule has 5 nitrogen and oxygen atoms in total. The largest absolute Gasteiger partial charge is 0.495 e. The van der Waals surface area contributed by atoms with Crippen LogP contribution in [0.1, 0.15) is 20.8 Å². The first-order chi connectivity index (χ1) is 11.3. The van der Waals surface area contributed by atoms with E-state index in [1.807, 2.05) is 61.7 Å². The zero-order valence-electron chi connectivity index (χ0n) is 14.2. The van der Waals surface area contributed by atoms with Gasteiger partial charge in [-0.2, -0.15) is 0 Å². The highest BCUT2D eigenvalue weighted by Crippen LogP contribution is 2.32. The molecule has 3 aromatic rings. The van der Waals surface area contributed by atoms with Crippen LogP contribution in [0, 0.1) is 0 Å². The number of nitrogens with zero attached hydrogens (tertiary/aromatic N) is 2. The minimum Gasteiger partial charge on any atom is -0.495 e. The molecular formula is C18H21N3O2S. The molecule has 126 valence electrons. The molecule has 1 unspecified atom stereocenters. The van der Waals surface area contributed by atoms with Crippen LogP contribution < -0.4 is 10.5 Å². The van der Waals surface area contributed by atoms with Crippen LogP contribution in [0.2, 0.25) is 0 Å². The standard InChI is InChI=1S/C18H21N3O2S/c1-18(2,3)24(22)16-11-21-14(12-6-5-7-13(19)8-12)10-20-17(21)9-15(16)23-4/h5-11H,19H2,1-4H3. The number of pyridine rings is 1. The second kappa shape index (κ2) is 5.94. The van der Waals surface area contributed by atoms with Gasteiger partial charge in [0.05, 0.1) is 34.7 Å². The fourth-order valence-corrected chi connectivity index (χ4v) is 3.71. The monoisotopic (exact) mass is 343 g/mol. The Labute approximate surface area is 143 Å². The Balaban J connectivity index is 2.24. The van der Waals surface area contributed by atoms with E-state index in [4.69, 9.17) is 10.5 Å². The van der Waals surface area contributed by atoms with Crippen molar-refractivity contribution in [2.24, 2.45) is 0 Å². The van der Waals surface area contributed by atoms with Crippen LogP contribution in [0.25, 0.3) is 16.9 Å². The van der Waals surface area contributed by atoms with Crippen LogP contribution in [0.5, 0.6) is 5.75 Å². The molecule has 0 fully saturated rings. The maximum atomic E-state index is 12.9. The summed E-state index contributed by atoms with van der Waals surface area (Å²) in [6.07, 6.45) is 3.63. The molecule has 0 aliphatic carbocycles. The first-order valence-electron chi connectivity index (χ1n) is 7.64. The molecule has 0 saturated heterocycles. The highest BCUT2D eigenvalue weighted by molar-refractivity contribution is 7.86. The third-order valence-electron chi connectivity index (χ3n) is 3.73. The fourth-order valence-electron chi connectivity index (χ4n) is 2.53. The Hall–Kier alpha value is -2.34. The van der Waals surface area contributed by atoms with Gasteiger partial charge in [0.25, 0.3) is 0 Å². The van der Waals surface area contributed by atoms with Crippen LogP contribution in [-0.4, -0.2) is 25.5 Å². The average molecular weight is 343 g/mol. The zero-order valence-corrected chi connectivity index (χ0v) is 15.1. The number of hydrogen-bond acceptors (Lipinski definition) is 4. The van der Waals surface area contributed by atoms with E-state index in [-0.39, 0.29) is 0 Å². The van der Waals surface area contributed by atoms with Crippen LogP contribution in [0.15, 0.2) is 47.6 Å². The van der Waals surface area contributed by atoms with Gasteiger partial charge in [0, 0.05) is 28.3 Å². The van der Waals surface area contributed by atoms with Gasteiger partial charge in [-0.15, -0.1) is 0 Å².